The maximum atomic E-state index is 6.11. The molecule has 0 unspecified atom stereocenters. The van der Waals surface area contributed by atoms with Crippen molar-refractivity contribution in [3.8, 4) is 0 Å². The number of nitrogen functional groups attached to an aromatic ring is 1. The van der Waals surface area contributed by atoms with Gasteiger partial charge < -0.3 is 11.1 Å². The topological polar surface area (TPSA) is 68.8 Å². The molecule has 0 aliphatic heterocycles. The van der Waals surface area contributed by atoms with Crippen molar-refractivity contribution in [2.24, 2.45) is 7.05 Å². The van der Waals surface area contributed by atoms with E-state index in [1.807, 2.05) is 36.3 Å². The lowest BCUT2D eigenvalue weighted by atomic mass is 10.2. The van der Waals surface area contributed by atoms with Gasteiger partial charge in [0.25, 0.3) is 0 Å². The Morgan fingerprint density at radius 1 is 1.26 bits per heavy atom. The van der Waals surface area contributed by atoms with E-state index in [0.717, 1.165) is 43.0 Å². The van der Waals surface area contributed by atoms with Crippen LogP contribution in [0.1, 0.15) is 24.6 Å². The maximum absolute atomic E-state index is 6.11. The minimum Gasteiger partial charge on any atom is -0.394 e. The molecule has 2 aromatic rings. The number of rotatable bonds is 6. The van der Waals surface area contributed by atoms with E-state index in [9.17, 15) is 0 Å². The predicted molar refractivity (Wildman–Crippen MR) is 78.0 cm³/mol. The molecule has 0 spiro atoms. The molecule has 0 amide bonds. The van der Waals surface area contributed by atoms with Gasteiger partial charge in [0.15, 0.2) is 0 Å². The van der Waals surface area contributed by atoms with Crippen LogP contribution in [0.15, 0.2) is 24.5 Å². The Balaban J connectivity index is 1.96. The normalized spacial score (nSPS) is 10.6. The fraction of sp³-hybridized carbons (Fsp3) is 0.429. The Hall–Kier alpha value is -2.04. The van der Waals surface area contributed by atoms with E-state index >= 15 is 0 Å². The Bertz CT molecular complexity index is 518. The number of nitrogens with two attached hydrogens (primary N) is 1. The predicted octanol–water partition coefficient (Wildman–Crippen LogP) is 2.00. The van der Waals surface area contributed by atoms with Crippen LogP contribution in [0.3, 0.4) is 0 Å². The smallest absolute Gasteiger partial charge is 0.147 e. The van der Waals surface area contributed by atoms with E-state index in [1.165, 1.54) is 5.56 Å². The Morgan fingerprint density at radius 3 is 2.68 bits per heavy atom. The summed E-state index contributed by atoms with van der Waals surface area (Å²) in [6.45, 7) is 2.96. The van der Waals surface area contributed by atoms with Crippen LogP contribution in [0.25, 0.3) is 0 Å². The van der Waals surface area contributed by atoms with Crippen molar-refractivity contribution in [1.29, 1.82) is 0 Å². The van der Waals surface area contributed by atoms with Crippen molar-refractivity contribution < 1.29 is 0 Å². The van der Waals surface area contributed by atoms with Gasteiger partial charge in [-0.05, 0) is 30.5 Å². The molecule has 2 aromatic heterocycles. The van der Waals surface area contributed by atoms with Crippen LogP contribution in [0.4, 0.5) is 11.5 Å². The van der Waals surface area contributed by atoms with E-state index in [1.54, 1.807) is 0 Å². The first-order chi connectivity index (χ1) is 9.22. The lowest BCUT2D eigenvalue weighted by Crippen LogP contribution is -2.10. The number of hydrogen-bond acceptors (Lipinski definition) is 4. The highest BCUT2D eigenvalue weighted by Gasteiger charge is 2.11. The standard InChI is InChI=1S/C14H21N5/c1-3-4-12-13(15)14(19(2)18-12)17-10-7-11-5-8-16-9-6-11/h5-6,8-9,17H,3-4,7,10,15H2,1-2H3. The van der Waals surface area contributed by atoms with E-state index in [-0.39, 0.29) is 0 Å². The molecule has 3 N–H and O–H groups in total. The van der Waals surface area contributed by atoms with Crippen molar-refractivity contribution in [2.75, 3.05) is 17.6 Å². The van der Waals surface area contributed by atoms with Crippen LogP contribution >= 0.6 is 0 Å². The molecule has 19 heavy (non-hydrogen) atoms. The van der Waals surface area contributed by atoms with Gasteiger partial charge in [0.05, 0.1) is 11.4 Å². The summed E-state index contributed by atoms with van der Waals surface area (Å²) < 4.78 is 1.83. The van der Waals surface area contributed by atoms with Crippen LogP contribution < -0.4 is 11.1 Å². The number of anilines is 2. The molecule has 0 bridgehead atoms. The van der Waals surface area contributed by atoms with Gasteiger partial charge in [0, 0.05) is 26.0 Å². The maximum Gasteiger partial charge on any atom is 0.147 e. The second-order valence-corrected chi connectivity index (χ2v) is 4.61. The molecular weight excluding hydrogens is 238 g/mol. The Kier molecular flexibility index (Phi) is 4.39. The zero-order valence-electron chi connectivity index (χ0n) is 11.6. The summed E-state index contributed by atoms with van der Waals surface area (Å²) in [5, 5.41) is 7.81. The largest absolute Gasteiger partial charge is 0.394 e. The molecule has 2 rings (SSSR count). The summed E-state index contributed by atoms with van der Waals surface area (Å²) in [6.07, 6.45) is 6.54. The highest BCUT2D eigenvalue weighted by atomic mass is 15.3. The van der Waals surface area contributed by atoms with Crippen LogP contribution in [0.2, 0.25) is 0 Å². The van der Waals surface area contributed by atoms with Gasteiger partial charge in [0.2, 0.25) is 0 Å². The van der Waals surface area contributed by atoms with E-state index < -0.39 is 0 Å². The summed E-state index contributed by atoms with van der Waals surface area (Å²) in [7, 11) is 1.92. The average Bonchev–Trinajstić information content (AvgIpc) is 2.68. The van der Waals surface area contributed by atoms with Crippen LogP contribution in [0, 0.1) is 0 Å². The SMILES string of the molecule is CCCc1nn(C)c(NCCc2ccncc2)c1N. The Labute approximate surface area is 113 Å². The molecular formula is C14H21N5. The fourth-order valence-electron chi connectivity index (χ4n) is 2.10. The second kappa shape index (κ2) is 6.22. The van der Waals surface area contributed by atoms with Gasteiger partial charge in [-0.25, -0.2) is 0 Å². The van der Waals surface area contributed by atoms with Gasteiger partial charge >= 0.3 is 0 Å². The molecule has 0 aliphatic carbocycles. The number of nitrogens with one attached hydrogen (secondary N) is 1. The van der Waals surface area contributed by atoms with E-state index in [2.05, 4.69) is 22.3 Å². The zero-order valence-corrected chi connectivity index (χ0v) is 11.6. The molecule has 5 nitrogen and oxygen atoms in total. The summed E-state index contributed by atoms with van der Waals surface area (Å²) >= 11 is 0. The van der Waals surface area contributed by atoms with Gasteiger partial charge in [0.1, 0.15) is 5.82 Å². The first-order valence-electron chi connectivity index (χ1n) is 6.66. The molecule has 0 saturated heterocycles. The van der Waals surface area contributed by atoms with Crippen LogP contribution in [0.5, 0.6) is 0 Å². The molecule has 5 heteroatoms. The molecule has 0 saturated carbocycles. The molecule has 0 aliphatic rings. The molecule has 0 atom stereocenters. The first-order valence-corrected chi connectivity index (χ1v) is 6.66. The van der Waals surface area contributed by atoms with Crippen molar-refractivity contribution in [1.82, 2.24) is 14.8 Å². The molecule has 0 aromatic carbocycles. The van der Waals surface area contributed by atoms with Crippen molar-refractivity contribution in [3.63, 3.8) is 0 Å². The summed E-state index contributed by atoms with van der Waals surface area (Å²) in [6, 6.07) is 4.05. The van der Waals surface area contributed by atoms with E-state index in [4.69, 9.17) is 5.73 Å². The molecule has 2 heterocycles. The third kappa shape index (κ3) is 3.24. The number of aryl methyl sites for hydroxylation is 2. The van der Waals surface area contributed by atoms with Gasteiger partial charge in [-0.2, -0.15) is 5.10 Å². The lowest BCUT2D eigenvalue weighted by molar-refractivity contribution is 0.734. The van der Waals surface area contributed by atoms with Gasteiger partial charge in [-0.1, -0.05) is 13.3 Å². The van der Waals surface area contributed by atoms with Crippen molar-refractivity contribution in [2.45, 2.75) is 26.2 Å². The zero-order chi connectivity index (χ0) is 13.7. The quantitative estimate of drug-likeness (QED) is 0.832. The molecule has 0 fully saturated rings. The third-order valence-electron chi connectivity index (χ3n) is 3.10. The van der Waals surface area contributed by atoms with E-state index in [0.29, 0.717) is 0 Å². The van der Waals surface area contributed by atoms with Crippen LogP contribution in [-0.4, -0.2) is 21.3 Å². The number of aromatic nitrogens is 3. The summed E-state index contributed by atoms with van der Waals surface area (Å²) in [5.41, 5.74) is 9.13. The number of pyridine rings is 1. The average molecular weight is 259 g/mol. The summed E-state index contributed by atoms with van der Waals surface area (Å²) in [4.78, 5) is 4.01. The lowest BCUT2D eigenvalue weighted by Gasteiger charge is -2.07. The highest BCUT2D eigenvalue weighted by molar-refractivity contribution is 5.65. The fourth-order valence-corrected chi connectivity index (χ4v) is 2.10. The Morgan fingerprint density at radius 2 is 2.00 bits per heavy atom. The second-order valence-electron chi connectivity index (χ2n) is 4.61. The monoisotopic (exact) mass is 259 g/mol. The van der Waals surface area contributed by atoms with Gasteiger partial charge in [-0.3, -0.25) is 9.67 Å². The van der Waals surface area contributed by atoms with Crippen molar-refractivity contribution >= 4 is 11.5 Å². The first kappa shape index (κ1) is 13.4. The number of hydrogen-bond donors (Lipinski definition) is 2. The summed E-state index contributed by atoms with van der Waals surface area (Å²) in [5.74, 6) is 0.914. The van der Waals surface area contributed by atoms with Gasteiger partial charge in [-0.15, -0.1) is 0 Å². The molecule has 0 radical (unpaired) electrons. The minimum atomic E-state index is 0.777. The number of nitrogens with zero attached hydrogens (tertiary/aromatic N) is 3. The molecule has 102 valence electrons. The highest BCUT2D eigenvalue weighted by Crippen LogP contribution is 2.22. The third-order valence-corrected chi connectivity index (χ3v) is 3.10. The minimum absolute atomic E-state index is 0.777. The van der Waals surface area contributed by atoms with Crippen molar-refractivity contribution in [3.05, 3.63) is 35.8 Å². The van der Waals surface area contributed by atoms with Crippen LogP contribution in [-0.2, 0) is 19.9 Å².